The van der Waals surface area contributed by atoms with Gasteiger partial charge in [-0.25, -0.2) is 9.18 Å². The second-order valence-corrected chi connectivity index (χ2v) is 6.72. The number of carbonyl (C=O) groups excluding carboxylic acids is 1. The maximum absolute atomic E-state index is 14.0. The molecule has 0 atom stereocenters. The zero-order chi connectivity index (χ0) is 16.6. The van der Waals surface area contributed by atoms with Crippen LogP contribution in [0.3, 0.4) is 0 Å². The molecule has 1 saturated heterocycles. The highest BCUT2D eigenvalue weighted by atomic mass is 19.1. The third-order valence-corrected chi connectivity index (χ3v) is 3.78. The fourth-order valence-electron chi connectivity index (χ4n) is 2.66. The number of ether oxygens (including phenoxy) is 1. The van der Waals surface area contributed by atoms with Gasteiger partial charge in [-0.2, -0.15) is 5.10 Å². The van der Waals surface area contributed by atoms with Crippen LogP contribution in [-0.4, -0.2) is 53.0 Å². The molecule has 0 radical (unpaired) electrons. The Morgan fingerprint density at radius 1 is 1.26 bits per heavy atom. The van der Waals surface area contributed by atoms with Gasteiger partial charge in [0.1, 0.15) is 11.1 Å². The van der Waals surface area contributed by atoms with Crippen LogP contribution in [0.15, 0.2) is 18.3 Å². The van der Waals surface area contributed by atoms with Gasteiger partial charge in [0.25, 0.3) is 0 Å². The summed E-state index contributed by atoms with van der Waals surface area (Å²) >= 11 is 0. The molecule has 0 aliphatic carbocycles. The van der Waals surface area contributed by atoms with Crippen molar-refractivity contribution in [1.29, 1.82) is 0 Å². The van der Waals surface area contributed by atoms with Crippen LogP contribution >= 0.6 is 0 Å². The van der Waals surface area contributed by atoms with Crippen molar-refractivity contribution in [2.75, 3.05) is 31.1 Å². The molecule has 124 valence electrons. The topological polar surface area (TPSA) is 61.5 Å². The predicted octanol–water partition coefficient (Wildman–Crippen LogP) is 2.76. The van der Waals surface area contributed by atoms with Crippen molar-refractivity contribution < 1.29 is 13.9 Å². The van der Waals surface area contributed by atoms with Crippen LogP contribution in [0, 0.1) is 5.82 Å². The highest BCUT2D eigenvalue weighted by Crippen LogP contribution is 2.25. The molecule has 2 heterocycles. The van der Waals surface area contributed by atoms with E-state index >= 15 is 0 Å². The second kappa shape index (κ2) is 5.72. The van der Waals surface area contributed by atoms with E-state index < -0.39 is 5.60 Å². The summed E-state index contributed by atoms with van der Waals surface area (Å²) in [4.78, 5) is 15.8. The van der Waals surface area contributed by atoms with E-state index in [1.54, 1.807) is 11.1 Å². The highest BCUT2D eigenvalue weighted by molar-refractivity contribution is 5.82. The number of hydrogen-bond acceptors (Lipinski definition) is 4. The number of benzene rings is 1. The smallest absolute Gasteiger partial charge is 0.410 e. The molecule has 1 fully saturated rings. The number of anilines is 1. The van der Waals surface area contributed by atoms with Crippen LogP contribution in [0.4, 0.5) is 14.9 Å². The molecule has 0 spiro atoms. The maximum atomic E-state index is 14.0. The lowest BCUT2D eigenvalue weighted by Gasteiger charge is -2.36. The van der Waals surface area contributed by atoms with Gasteiger partial charge in [0, 0.05) is 37.3 Å². The molecule has 1 aromatic carbocycles. The zero-order valence-electron chi connectivity index (χ0n) is 13.6. The fourth-order valence-corrected chi connectivity index (χ4v) is 2.66. The second-order valence-electron chi connectivity index (χ2n) is 6.72. The molecule has 0 saturated carbocycles. The summed E-state index contributed by atoms with van der Waals surface area (Å²) < 4.78 is 19.4. The van der Waals surface area contributed by atoms with Gasteiger partial charge in [-0.3, -0.25) is 5.10 Å². The molecule has 1 aliphatic heterocycles. The number of hydrogen-bond donors (Lipinski definition) is 1. The Balaban J connectivity index is 1.67. The minimum atomic E-state index is -0.496. The van der Waals surface area contributed by atoms with E-state index in [4.69, 9.17) is 4.74 Å². The molecule has 7 heteroatoms. The molecule has 1 aromatic heterocycles. The number of amides is 1. The Morgan fingerprint density at radius 3 is 2.61 bits per heavy atom. The summed E-state index contributed by atoms with van der Waals surface area (Å²) in [6, 6.07) is 3.41. The van der Waals surface area contributed by atoms with Crippen LogP contribution < -0.4 is 4.90 Å². The number of aromatic amines is 1. The first-order valence-corrected chi connectivity index (χ1v) is 7.69. The maximum Gasteiger partial charge on any atom is 0.410 e. The van der Waals surface area contributed by atoms with Crippen molar-refractivity contribution in [2.24, 2.45) is 0 Å². The van der Waals surface area contributed by atoms with Gasteiger partial charge in [0.2, 0.25) is 0 Å². The molecule has 1 N–H and O–H groups in total. The van der Waals surface area contributed by atoms with Crippen molar-refractivity contribution in [3.63, 3.8) is 0 Å². The van der Waals surface area contributed by atoms with Crippen LogP contribution in [0.5, 0.6) is 0 Å². The summed E-state index contributed by atoms with van der Waals surface area (Å²) in [6.07, 6.45) is 1.31. The third-order valence-electron chi connectivity index (χ3n) is 3.78. The Kier molecular flexibility index (Phi) is 3.87. The Bertz CT molecular complexity index is 714. The first-order valence-electron chi connectivity index (χ1n) is 7.69. The number of nitrogens with zero attached hydrogens (tertiary/aromatic N) is 3. The van der Waals surface area contributed by atoms with Crippen LogP contribution in [-0.2, 0) is 4.74 Å². The lowest BCUT2D eigenvalue weighted by atomic mass is 10.2. The van der Waals surface area contributed by atoms with Gasteiger partial charge in [-0.15, -0.1) is 0 Å². The molecule has 6 nitrogen and oxygen atoms in total. The monoisotopic (exact) mass is 320 g/mol. The quantitative estimate of drug-likeness (QED) is 0.877. The number of nitrogens with one attached hydrogen (secondary N) is 1. The third kappa shape index (κ3) is 3.38. The van der Waals surface area contributed by atoms with Gasteiger partial charge < -0.3 is 14.5 Å². The summed E-state index contributed by atoms with van der Waals surface area (Å²) in [5.41, 5.74) is 0.727. The molecule has 1 amide bonds. The van der Waals surface area contributed by atoms with Gasteiger partial charge in [0.05, 0.1) is 6.20 Å². The average molecular weight is 320 g/mol. The molecular weight excluding hydrogens is 299 g/mol. The van der Waals surface area contributed by atoms with Crippen LogP contribution in [0.2, 0.25) is 0 Å². The van der Waals surface area contributed by atoms with Gasteiger partial charge in [0.15, 0.2) is 5.82 Å². The predicted molar refractivity (Wildman–Crippen MR) is 86.1 cm³/mol. The minimum absolute atomic E-state index is 0.298. The standard InChI is InChI=1S/C16H21FN4O2/c1-16(2,3)23-15(22)21-6-4-20(5-7-21)12-8-11-10-18-19-14(11)13(17)9-12/h8-10H,4-7H2,1-3H3,(H,18,19). The van der Waals surface area contributed by atoms with Gasteiger partial charge in [-0.1, -0.05) is 0 Å². The lowest BCUT2D eigenvalue weighted by Crippen LogP contribution is -2.50. The summed E-state index contributed by atoms with van der Waals surface area (Å²) in [5.74, 6) is -0.315. The largest absolute Gasteiger partial charge is 0.444 e. The van der Waals surface area contributed by atoms with E-state index in [9.17, 15) is 9.18 Å². The molecule has 0 unspecified atom stereocenters. The van der Waals surface area contributed by atoms with Gasteiger partial charge >= 0.3 is 6.09 Å². The Hall–Kier alpha value is -2.31. The van der Waals surface area contributed by atoms with Crippen LogP contribution in [0.25, 0.3) is 10.9 Å². The first kappa shape index (κ1) is 15.6. The van der Waals surface area contributed by atoms with Crippen molar-refractivity contribution >= 4 is 22.7 Å². The number of piperazine rings is 1. The molecular formula is C16H21FN4O2. The molecule has 1 aliphatic rings. The van der Waals surface area contributed by atoms with E-state index in [0.717, 1.165) is 11.1 Å². The molecule has 2 aromatic rings. The number of halogens is 1. The van der Waals surface area contributed by atoms with Crippen LogP contribution in [0.1, 0.15) is 20.8 Å². The first-order chi connectivity index (χ1) is 10.8. The number of fused-ring (bicyclic) bond motifs is 1. The molecule has 23 heavy (non-hydrogen) atoms. The Morgan fingerprint density at radius 2 is 1.96 bits per heavy atom. The van der Waals surface area contributed by atoms with Crippen molar-refractivity contribution in [1.82, 2.24) is 15.1 Å². The number of rotatable bonds is 1. The van der Waals surface area contributed by atoms with Gasteiger partial charge in [-0.05, 0) is 32.9 Å². The van der Waals surface area contributed by atoms with E-state index in [1.807, 2.05) is 26.8 Å². The summed E-state index contributed by atoms with van der Waals surface area (Å²) in [7, 11) is 0. The van der Waals surface area contributed by atoms with Crippen molar-refractivity contribution in [3.05, 3.63) is 24.1 Å². The van der Waals surface area contributed by atoms with E-state index in [0.29, 0.717) is 31.7 Å². The van der Waals surface area contributed by atoms with Crippen molar-refractivity contribution in [3.8, 4) is 0 Å². The number of carbonyl (C=O) groups is 1. The van der Waals surface area contributed by atoms with Crippen molar-refractivity contribution in [2.45, 2.75) is 26.4 Å². The molecule has 0 bridgehead atoms. The minimum Gasteiger partial charge on any atom is -0.444 e. The average Bonchev–Trinajstić information content (AvgIpc) is 2.94. The summed E-state index contributed by atoms with van der Waals surface area (Å²) in [5, 5.41) is 7.26. The van der Waals surface area contributed by atoms with E-state index in [1.165, 1.54) is 6.07 Å². The normalized spacial score (nSPS) is 16.0. The van der Waals surface area contributed by atoms with E-state index in [-0.39, 0.29) is 11.9 Å². The molecule has 3 rings (SSSR count). The summed E-state index contributed by atoms with van der Waals surface area (Å²) in [6.45, 7) is 7.95. The van der Waals surface area contributed by atoms with E-state index in [2.05, 4.69) is 15.1 Å². The lowest BCUT2D eigenvalue weighted by molar-refractivity contribution is 0.0240. The zero-order valence-corrected chi connectivity index (χ0v) is 13.6. The SMILES string of the molecule is CC(C)(C)OC(=O)N1CCN(c2cc(F)c3[nH]ncc3c2)CC1. The number of H-pyrrole nitrogens is 1. The highest BCUT2D eigenvalue weighted by Gasteiger charge is 2.26. The fraction of sp³-hybridized carbons (Fsp3) is 0.500. The Labute approximate surface area is 134 Å². The number of aromatic nitrogens is 2.